The summed E-state index contributed by atoms with van der Waals surface area (Å²) >= 11 is 1.80. The Bertz CT molecular complexity index is 482. The van der Waals surface area contributed by atoms with Gasteiger partial charge in [0.25, 0.3) is 0 Å². The molecule has 1 aliphatic heterocycles. The zero-order chi connectivity index (χ0) is 14.9. The third-order valence-electron chi connectivity index (χ3n) is 4.72. The van der Waals surface area contributed by atoms with Crippen LogP contribution in [0.4, 0.5) is 0 Å². The highest BCUT2D eigenvalue weighted by molar-refractivity contribution is 7.09. The van der Waals surface area contributed by atoms with Crippen molar-refractivity contribution in [3.8, 4) is 0 Å². The zero-order valence-corrected chi connectivity index (χ0v) is 13.6. The van der Waals surface area contributed by atoms with E-state index in [9.17, 15) is 4.79 Å². The summed E-state index contributed by atoms with van der Waals surface area (Å²) in [6, 6.07) is 4.28. The first-order chi connectivity index (χ1) is 10.1. The van der Waals surface area contributed by atoms with Gasteiger partial charge in [0, 0.05) is 37.6 Å². The van der Waals surface area contributed by atoms with Gasteiger partial charge in [-0.1, -0.05) is 6.07 Å². The topological polar surface area (TPSA) is 49.6 Å². The van der Waals surface area contributed by atoms with Gasteiger partial charge in [-0.05, 0) is 43.6 Å². The predicted octanol–water partition coefficient (Wildman–Crippen LogP) is 1.91. The summed E-state index contributed by atoms with van der Waals surface area (Å²) < 4.78 is 0. The van der Waals surface area contributed by atoms with Gasteiger partial charge in [0.2, 0.25) is 5.91 Å². The fourth-order valence-electron chi connectivity index (χ4n) is 3.15. The van der Waals surface area contributed by atoms with Gasteiger partial charge >= 0.3 is 0 Å². The first-order valence-electron chi connectivity index (χ1n) is 7.90. The highest BCUT2D eigenvalue weighted by atomic mass is 32.1. The molecule has 1 saturated carbocycles. The first-order valence-corrected chi connectivity index (χ1v) is 8.78. The maximum absolute atomic E-state index is 12.7. The predicted molar refractivity (Wildman–Crippen MR) is 86.1 cm³/mol. The van der Waals surface area contributed by atoms with Crippen molar-refractivity contribution in [2.75, 3.05) is 26.2 Å². The van der Waals surface area contributed by atoms with Crippen LogP contribution in [0.3, 0.4) is 0 Å². The SMILES string of the molecule is CC(N)(C(=O)N1CCCN(Cc2cccs2)CC1)C1CC1. The van der Waals surface area contributed by atoms with E-state index in [2.05, 4.69) is 22.4 Å². The number of carbonyl (C=O) groups is 1. The summed E-state index contributed by atoms with van der Waals surface area (Å²) in [7, 11) is 0. The van der Waals surface area contributed by atoms with E-state index < -0.39 is 5.54 Å². The second kappa shape index (κ2) is 6.07. The van der Waals surface area contributed by atoms with Crippen molar-refractivity contribution in [2.24, 2.45) is 11.7 Å². The molecule has 0 spiro atoms. The van der Waals surface area contributed by atoms with Crippen molar-refractivity contribution in [3.05, 3.63) is 22.4 Å². The fraction of sp³-hybridized carbons (Fsp3) is 0.688. The van der Waals surface area contributed by atoms with Crippen LogP contribution in [0.5, 0.6) is 0 Å². The van der Waals surface area contributed by atoms with Gasteiger partial charge < -0.3 is 10.6 Å². The van der Waals surface area contributed by atoms with Gasteiger partial charge in [-0.15, -0.1) is 11.3 Å². The van der Waals surface area contributed by atoms with E-state index in [0.29, 0.717) is 5.92 Å². The zero-order valence-electron chi connectivity index (χ0n) is 12.8. The maximum atomic E-state index is 12.7. The van der Waals surface area contributed by atoms with Crippen LogP contribution >= 0.6 is 11.3 Å². The highest BCUT2D eigenvalue weighted by Crippen LogP contribution is 2.39. The lowest BCUT2D eigenvalue weighted by Gasteiger charge is -2.31. The number of hydrogen-bond acceptors (Lipinski definition) is 4. The quantitative estimate of drug-likeness (QED) is 0.924. The molecule has 5 heteroatoms. The van der Waals surface area contributed by atoms with Crippen LogP contribution < -0.4 is 5.73 Å². The lowest BCUT2D eigenvalue weighted by atomic mass is 9.95. The Morgan fingerprint density at radius 2 is 2.19 bits per heavy atom. The van der Waals surface area contributed by atoms with E-state index in [1.54, 1.807) is 11.3 Å². The second-order valence-corrected chi connectivity index (χ2v) is 7.59. The number of rotatable bonds is 4. The van der Waals surface area contributed by atoms with Crippen LogP contribution in [-0.2, 0) is 11.3 Å². The van der Waals surface area contributed by atoms with E-state index in [0.717, 1.165) is 52.0 Å². The number of thiophene rings is 1. The molecule has 1 aliphatic carbocycles. The Labute approximate surface area is 130 Å². The highest BCUT2D eigenvalue weighted by Gasteiger charge is 2.45. The number of hydrogen-bond donors (Lipinski definition) is 1. The molecule has 2 N–H and O–H groups in total. The molecule has 2 aliphatic rings. The molecule has 4 nitrogen and oxygen atoms in total. The average Bonchev–Trinajstić information content (AvgIpc) is 3.24. The molecule has 0 radical (unpaired) electrons. The van der Waals surface area contributed by atoms with Gasteiger partial charge in [-0.25, -0.2) is 0 Å². The Balaban J connectivity index is 1.56. The molecule has 116 valence electrons. The Hall–Kier alpha value is -0.910. The van der Waals surface area contributed by atoms with Crippen LogP contribution in [0, 0.1) is 5.92 Å². The Kier molecular flexibility index (Phi) is 4.33. The minimum absolute atomic E-state index is 0.156. The Morgan fingerprint density at radius 1 is 1.38 bits per heavy atom. The molecule has 3 rings (SSSR count). The molecule has 2 heterocycles. The first kappa shape index (κ1) is 15.0. The molecule has 1 aromatic heterocycles. The molecule has 1 unspecified atom stereocenters. The van der Waals surface area contributed by atoms with Crippen molar-refractivity contribution in [2.45, 2.75) is 38.3 Å². The molecule has 1 amide bonds. The summed E-state index contributed by atoms with van der Waals surface area (Å²) in [5, 5.41) is 2.12. The fourth-order valence-corrected chi connectivity index (χ4v) is 3.90. The van der Waals surface area contributed by atoms with Gasteiger partial charge in [0.15, 0.2) is 0 Å². The van der Waals surface area contributed by atoms with Crippen molar-refractivity contribution < 1.29 is 4.79 Å². The number of nitrogens with zero attached hydrogens (tertiary/aromatic N) is 2. The molecule has 21 heavy (non-hydrogen) atoms. The number of nitrogens with two attached hydrogens (primary N) is 1. The van der Waals surface area contributed by atoms with Crippen LogP contribution in [0.25, 0.3) is 0 Å². The number of carbonyl (C=O) groups excluding carboxylic acids is 1. The summed E-state index contributed by atoms with van der Waals surface area (Å²) in [5.74, 6) is 0.554. The monoisotopic (exact) mass is 307 g/mol. The third kappa shape index (κ3) is 3.47. The van der Waals surface area contributed by atoms with E-state index in [4.69, 9.17) is 5.73 Å². The molecule has 1 atom stereocenters. The van der Waals surface area contributed by atoms with Gasteiger partial charge in [-0.2, -0.15) is 0 Å². The van der Waals surface area contributed by atoms with Crippen LogP contribution in [0.15, 0.2) is 17.5 Å². The van der Waals surface area contributed by atoms with Crippen molar-refractivity contribution in [1.29, 1.82) is 0 Å². The lowest BCUT2D eigenvalue weighted by molar-refractivity contribution is -0.137. The second-order valence-electron chi connectivity index (χ2n) is 6.56. The Morgan fingerprint density at radius 3 is 2.86 bits per heavy atom. The van der Waals surface area contributed by atoms with Crippen molar-refractivity contribution in [1.82, 2.24) is 9.80 Å². The van der Waals surface area contributed by atoms with E-state index in [1.807, 2.05) is 11.8 Å². The normalized spacial score (nSPS) is 23.6. The largest absolute Gasteiger partial charge is 0.340 e. The van der Waals surface area contributed by atoms with Gasteiger partial charge in [-0.3, -0.25) is 9.69 Å². The van der Waals surface area contributed by atoms with Crippen LogP contribution in [0.2, 0.25) is 0 Å². The van der Waals surface area contributed by atoms with E-state index in [1.165, 1.54) is 4.88 Å². The molecular weight excluding hydrogens is 282 g/mol. The molecule has 0 bridgehead atoms. The van der Waals surface area contributed by atoms with Crippen molar-refractivity contribution in [3.63, 3.8) is 0 Å². The molecule has 0 aromatic carbocycles. The maximum Gasteiger partial charge on any atom is 0.242 e. The molecule has 1 aromatic rings. The minimum atomic E-state index is -0.650. The molecular formula is C16H25N3OS. The standard InChI is InChI=1S/C16H25N3OS/c1-16(17,13-5-6-13)15(20)19-8-3-7-18(9-10-19)12-14-4-2-11-21-14/h2,4,11,13H,3,5-10,12,17H2,1H3. The summed E-state index contributed by atoms with van der Waals surface area (Å²) in [5.41, 5.74) is 5.64. The molecule has 1 saturated heterocycles. The number of amides is 1. The van der Waals surface area contributed by atoms with Crippen LogP contribution in [0.1, 0.15) is 31.1 Å². The average molecular weight is 307 g/mol. The smallest absolute Gasteiger partial charge is 0.242 e. The lowest BCUT2D eigenvalue weighted by Crippen LogP contribution is -2.55. The van der Waals surface area contributed by atoms with Crippen LogP contribution in [-0.4, -0.2) is 47.4 Å². The summed E-state index contributed by atoms with van der Waals surface area (Å²) in [6.07, 6.45) is 3.26. The summed E-state index contributed by atoms with van der Waals surface area (Å²) in [4.78, 5) is 18.5. The third-order valence-corrected chi connectivity index (χ3v) is 5.58. The van der Waals surface area contributed by atoms with Crippen molar-refractivity contribution >= 4 is 17.2 Å². The van der Waals surface area contributed by atoms with E-state index >= 15 is 0 Å². The van der Waals surface area contributed by atoms with Gasteiger partial charge in [0.1, 0.15) is 0 Å². The van der Waals surface area contributed by atoms with Gasteiger partial charge in [0.05, 0.1) is 5.54 Å². The van der Waals surface area contributed by atoms with E-state index in [-0.39, 0.29) is 5.91 Å². The summed E-state index contributed by atoms with van der Waals surface area (Å²) in [6.45, 7) is 6.59. The molecule has 2 fully saturated rings. The minimum Gasteiger partial charge on any atom is -0.340 e.